The number of nitrogens with zero attached hydrogens (tertiary/aromatic N) is 1. The summed E-state index contributed by atoms with van der Waals surface area (Å²) in [4.78, 5) is 18.6. The van der Waals surface area contributed by atoms with Gasteiger partial charge in [-0.3, -0.25) is 4.79 Å². The first-order valence-electron chi connectivity index (χ1n) is 9.57. The Morgan fingerprint density at radius 1 is 1.19 bits per heavy atom. The summed E-state index contributed by atoms with van der Waals surface area (Å²) in [6, 6.07) is 10.6. The quantitative estimate of drug-likeness (QED) is 0.766. The number of hydrogen-bond donors (Lipinski definition) is 2. The molecule has 5 heteroatoms. The summed E-state index contributed by atoms with van der Waals surface area (Å²) >= 11 is 0. The molecule has 1 saturated carbocycles. The first kappa shape index (κ1) is 19.7. The topological polar surface area (TPSA) is 62.1 Å². The molecule has 2 aromatic rings. The average molecular weight is 386 g/mol. The number of para-hydroxylation sites is 1. The van der Waals surface area contributed by atoms with Gasteiger partial charge in [-0.1, -0.05) is 18.2 Å². The molecule has 27 heavy (non-hydrogen) atoms. The molecule has 144 valence electrons. The van der Waals surface area contributed by atoms with Crippen molar-refractivity contribution in [1.29, 1.82) is 0 Å². The number of rotatable bonds is 3. The second-order valence-electron chi connectivity index (χ2n) is 7.82. The lowest BCUT2D eigenvalue weighted by Crippen LogP contribution is -2.36. The van der Waals surface area contributed by atoms with E-state index in [1.165, 1.54) is 5.56 Å². The van der Waals surface area contributed by atoms with Crippen LogP contribution in [0.3, 0.4) is 0 Å². The average Bonchev–Trinajstić information content (AvgIpc) is 3.08. The van der Waals surface area contributed by atoms with E-state index < -0.39 is 0 Å². The summed E-state index contributed by atoms with van der Waals surface area (Å²) in [5, 5.41) is 0. The number of aromatic nitrogens is 1. The molecule has 1 aliphatic carbocycles. The highest BCUT2D eigenvalue weighted by Crippen LogP contribution is 2.39. The SMILES string of the molecule is Cc1cc(C)c(/C=C2\C(=O)N(CC3CCC(N)CC3)c3ccccc32)[nH]1.Cl. The lowest BCUT2D eigenvalue weighted by Gasteiger charge is -2.29. The highest BCUT2D eigenvalue weighted by atomic mass is 35.5. The molecular weight excluding hydrogens is 358 g/mol. The van der Waals surface area contributed by atoms with E-state index in [1.54, 1.807) is 0 Å². The third-order valence-electron chi connectivity index (χ3n) is 5.77. The van der Waals surface area contributed by atoms with Crippen molar-refractivity contribution in [1.82, 2.24) is 4.98 Å². The largest absolute Gasteiger partial charge is 0.359 e. The van der Waals surface area contributed by atoms with Crippen LogP contribution in [0.15, 0.2) is 30.3 Å². The number of halogens is 1. The minimum Gasteiger partial charge on any atom is -0.359 e. The van der Waals surface area contributed by atoms with E-state index in [4.69, 9.17) is 5.73 Å². The van der Waals surface area contributed by atoms with Crippen LogP contribution in [0.5, 0.6) is 0 Å². The van der Waals surface area contributed by atoms with Gasteiger partial charge in [0, 0.05) is 29.5 Å². The normalized spacial score (nSPS) is 23.4. The van der Waals surface area contributed by atoms with E-state index in [9.17, 15) is 4.79 Å². The van der Waals surface area contributed by atoms with Crippen LogP contribution in [-0.4, -0.2) is 23.5 Å². The fourth-order valence-corrected chi connectivity index (χ4v) is 4.30. The number of carbonyl (C=O) groups excluding carboxylic acids is 1. The number of aryl methyl sites for hydroxylation is 2. The second-order valence-corrected chi connectivity index (χ2v) is 7.82. The van der Waals surface area contributed by atoms with Crippen LogP contribution in [0.1, 0.15) is 48.2 Å². The van der Waals surface area contributed by atoms with Gasteiger partial charge in [-0.25, -0.2) is 0 Å². The molecule has 0 bridgehead atoms. The zero-order valence-electron chi connectivity index (χ0n) is 16.0. The molecule has 4 rings (SSSR count). The monoisotopic (exact) mass is 385 g/mol. The molecule has 1 aromatic carbocycles. The third-order valence-corrected chi connectivity index (χ3v) is 5.77. The maximum absolute atomic E-state index is 13.2. The lowest BCUT2D eigenvalue weighted by atomic mass is 9.86. The van der Waals surface area contributed by atoms with Gasteiger partial charge in [-0.15, -0.1) is 12.4 Å². The van der Waals surface area contributed by atoms with Crippen LogP contribution < -0.4 is 10.6 Å². The summed E-state index contributed by atoms with van der Waals surface area (Å²) in [5.74, 6) is 0.661. The van der Waals surface area contributed by atoms with Crippen molar-refractivity contribution in [2.24, 2.45) is 11.7 Å². The van der Waals surface area contributed by atoms with E-state index >= 15 is 0 Å². The zero-order valence-corrected chi connectivity index (χ0v) is 16.8. The Bertz CT molecular complexity index is 862. The van der Waals surface area contributed by atoms with Crippen molar-refractivity contribution in [2.75, 3.05) is 11.4 Å². The van der Waals surface area contributed by atoms with Crippen molar-refractivity contribution in [2.45, 2.75) is 45.6 Å². The van der Waals surface area contributed by atoms with Crippen LogP contribution in [-0.2, 0) is 4.79 Å². The van der Waals surface area contributed by atoms with Crippen LogP contribution >= 0.6 is 12.4 Å². The second kappa shape index (κ2) is 7.91. The molecule has 3 N–H and O–H groups in total. The summed E-state index contributed by atoms with van der Waals surface area (Å²) in [7, 11) is 0. The molecule has 1 aromatic heterocycles. The van der Waals surface area contributed by atoms with Gasteiger partial charge in [0.15, 0.2) is 0 Å². The number of nitrogens with two attached hydrogens (primary N) is 1. The number of H-pyrrole nitrogens is 1. The van der Waals surface area contributed by atoms with Crippen molar-refractivity contribution in [3.8, 4) is 0 Å². The van der Waals surface area contributed by atoms with Crippen LogP contribution in [0.4, 0.5) is 5.69 Å². The van der Waals surface area contributed by atoms with Crippen molar-refractivity contribution < 1.29 is 4.79 Å². The summed E-state index contributed by atoms with van der Waals surface area (Å²) in [5.41, 5.74) is 12.2. The minimum absolute atomic E-state index is 0. The fourth-order valence-electron chi connectivity index (χ4n) is 4.30. The molecule has 1 amide bonds. The summed E-state index contributed by atoms with van der Waals surface area (Å²) < 4.78 is 0. The van der Waals surface area contributed by atoms with Gasteiger partial charge in [0.1, 0.15) is 0 Å². The molecule has 0 saturated heterocycles. The third kappa shape index (κ3) is 3.83. The fraction of sp³-hybridized carbons (Fsp3) is 0.409. The van der Waals surface area contributed by atoms with Crippen molar-refractivity contribution in [3.63, 3.8) is 0 Å². The molecule has 0 atom stereocenters. The Morgan fingerprint density at radius 2 is 1.89 bits per heavy atom. The Hall–Kier alpha value is -2.04. The molecule has 0 radical (unpaired) electrons. The zero-order chi connectivity index (χ0) is 18.3. The van der Waals surface area contributed by atoms with E-state index in [1.807, 2.05) is 30.0 Å². The molecule has 0 unspecified atom stereocenters. The van der Waals surface area contributed by atoms with Crippen molar-refractivity contribution >= 4 is 35.7 Å². The minimum atomic E-state index is 0. The predicted molar refractivity (Wildman–Crippen MR) is 114 cm³/mol. The van der Waals surface area contributed by atoms with Gasteiger partial charge in [0.05, 0.1) is 11.3 Å². The maximum Gasteiger partial charge on any atom is 0.259 e. The molecule has 4 nitrogen and oxygen atoms in total. The maximum atomic E-state index is 13.2. The number of amides is 1. The Kier molecular flexibility index (Phi) is 5.78. The molecular formula is C22H28ClN3O. The molecule has 1 aliphatic heterocycles. The van der Waals surface area contributed by atoms with Gasteiger partial charge in [-0.05, 0) is 69.2 Å². The van der Waals surface area contributed by atoms with Crippen LogP contribution in [0.25, 0.3) is 11.6 Å². The van der Waals surface area contributed by atoms with E-state index in [0.29, 0.717) is 12.0 Å². The molecule has 2 aliphatic rings. The Balaban J connectivity index is 0.00000210. The van der Waals surface area contributed by atoms with E-state index in [-0.39, 0.29) is 18.3 Å². The van der Waals surface area contributed by atoms with Crippen molar-refractivity contribution in [3.05, 3.63) is 52.8 Å². The molecule has 1 fully saturated rings. The smallest absolute Gasteiger partial charge is 0.259 e. The van der Waals surface area contributed by atoms with Gasteiger partial charge in [0.2, 0.25) is 0 Å². The van der Waals surface area contributed by atoms with Crippen LogP contribution in [0, 0.1) is 19.8 Å². The van der Waals surface area contributed by atoms with E-state index in [0.717, 1.165) is 60.4 Å². The first-order valence-corrected chi connectivity index (χ1v) is 9.57. The Morgan fingerprint density at radius 3 is 2.56 bits per heavy atom. The number of fused-ring (bicyclic) bond motifs is 1. The van der Waals surface area contributed by atoms with Gasteiger partial charge >= 0.3 is 0 Å². The summed E-state index contributed by atoms with van der Waals surface area (Å²) in [6.07, 6.45) is 6.37. The first-order chi connectivity index (χ1) is 12.5. The molecule has 2 heterocycles. The number of hydrogen-bond acceptors (Lipinski definition) is 2. The Labute approximate surface area is 167 Å². The van der Waals surface area contributed by atoms with Gasteiger partial charge in [0.25, 0.3) is 5.91 Å². The van der Waals surface area contributed by atoms with E-state index in [2.05, 4.69) is 30.1 Å². The predicted octanol–water partition coefficient (Wildman–Crippen LogP) is 4.46. The van der Waals surface area contributed by atoms with Gasteiger partial charge in [-0.2, -0.15) is 0 Å². The number of nitrogens with one attached hydrogen (secondary N) is 1. The number of carbonyl (C=O) groups is 1. The molecule has 0 spiro atoms. The summed E-state index contributed by atoms with van der Waals surface area (Å²) in [6.45, 7) is 4.91. The van der Waals surface area contributed by atoms with Crippen LogP contribution in [0.2, 0.25) is 0 Å². The standard InChI is InChI=1S/C22H27N3O.ClH/c1-14-11-15(2)24-20(14)12-19-18-5-3-4-6-21(18)25(22(19)26)13-16-7-9-17(23)10-8-16;/h3-6,11-12,16-17,24H,7-10,13,23H2,1-2H3;1H/b19-12-;. The number of benzene rings is 1. The number of aromatic amines is 1. The van der Waals surface area contributed by atoms with Gasteiger partial charge < -0.3 is 15.6 Å². The number of anilines is 1. The lowest BCUT2D eigenvalue weighted by molar-refractivity contribution is -0.113. The highest BCUT2D eigenvalue weighted by molar-refractivity contribution is 6.35. The highest BCUT2D eigenvalue weighted by Gasteiger charge is 2.34.